The van der Waals surface area contributed by atoms with E-state index in [1.165, 1.54) is 36.2 Å². The molecule has 1 heterocycles. The first-order valence-corrected chi connectivity index (χ1v) is 6.32. The van der Waals surface area contributed by atoms with Gasteiger partial charge in [-0.1, -0.05) is 26.0 Å². The number of allylic oxidation sites excluding steroid dienone is 1. The molecular weight excluding hydrogens is 196 g/mol. The first-order valence-electron chi connectivity index (χ1n) is 6.32. The quantitative estimate of drug-likeness (QED) is 0.595. The van der Waals surface area contributed by atoms with Crippen LogP contribution >= 0.6 is 0 Å². The summed E-state index contributed by atoms with van der Waals surface area (Å²) >= 11 is 0. The Morgan fingerprint density at radius 3 is 3.00 bits per heavy atom. The van der Waals surface area contributed by atoms with Crippen molar-refractivity contribution < 1.29 is 4.42 Å². The van der Waals surface area contributed by atoms with E-state index < -0.39 is 0 Å². The lowest BCUT2D eigenvalue weighted by Crippen LogP contribution is -2.41. The maximum Gasteiger partial charge on any atom is 0.107 e. The van der Waals surface area contributed by atoms with Crippen molar-refractivity contribution in [3.05, 3.63) is 35.8 Å². The highest BCUT2D eigenvalue weighted by Gasteiger charge is 2.44. The molecule has 3 rings (SSSR count). The molecular formula is C15H20O. The van der Waals surface area contributed by atoms with Crippen LogP contribution < -0.4 is 0 Å². The highest BCUT2D eigenvalue weighted by atomic mass is 16.3. The molecule has 1 saturated carbocycles. The molecule has 0 N–H and O–H groups in total. The second-order valence-electron chi connectivity index (χ2n) is 6.04. The van der Waals surface area contributed by atoms with Gasteiger partial charge in [-0.2, -0.15) is 0 Å². The van der Waals surface area contributed by atoms with Crippen LogP contribution in [0.1, 0.15) is 44.4 Å². The lowest BCUT2D eigenvalue weighted by molar-refractivity contribution is 0.146. The van der Waals surface area contributed by atoms with Gasteiger partial charge in [0.25, 0.3) is 0 Å². The number of fused-ring (bicyclic) bond motifs is 2. The summed E-state index contributed by atoms with van der Waals surface area (Å²) in [5, 5.41) is 0. The third kappa shape index (κ3) is 1.30. The maximum absolute atomic E-state index is 5.65. The Balaban J connectivity index is 2.03. The molecule has 0 bridgehead atoms. The van der Waals surface area contributed by atoms with Crippen molar-refractivity contribution in [3.8, 4) is 0 Å². The first-order chi connectivity index (χ1) is 7.59. The molecule has 2 unspecified atom stereocenters. The van der Waals surface area contributed by atoms with Crippen LogP contribution in [0.4, 0.5) is 0 Å². The number of hydrogen-bond donors (Lipinski definition) is 0. The molecule has 2 atom stereocenters. The van der Waals surface area contributed by atoms with Gasteiger partial charge in [0.05, 0.1) is 6.26 Å². The molecule has 1 fully saturated rings. The summed E-state index contributed by atoms with van der Waals surface area (Å²) in [6.45, 7) is 8.93. The van der Waals surface area contributed by atoms with Crippen LogP contribution in [0.5, 0.6) is 0 Å². The molecule has 0 aromatic carbocycles. The van der Waals surface area contributed by atoms with E-state index in [9.17, 15) is 0 Å². The average Bonchev–Trinajstić information content (AvgIpc) is 2.65. The summed E-state index contributed by atoms with van der Waals surface area (Å²) in [6.07, 6.45) is 6.71. The Labute approximate surface area is 97.5 Å². The lowest BCUT2D eigenvalue weighted by atomic mass is 9.58. The van der Waals surface area contributed by atoms with E-state index in [1.54, 1.807) is 0 Å². The van der Waals surface area contributed by atoms with Gasteiger partial charge in [0.15, 0.2) is 0 Å². The zero-order valence-electron chi connectivity index (χ0n) is 10.3. The van der Waals surface area contributed by atoms with Crippen LogP contribution in [0.3, 0.4) is 0 Å². The normalized spacial score (nSPS) is 32.0. The minimum atomic E-state index is 0.284. The molecule has 2 aliphatic carbocycles. The van der Waals surface area contributed by atoms with Crippen molar-refractivity contribution >= 4 is 0 Å². The highest BCUT2D eigenvalue weighted by Crippen LogP contribution is 2.51. The summed E-state index contributed by atoms with van der Waals surface area (Å²) in [4.78, 5) is 0. The van der Waals surface area contributed by atoms with Gasteiger partial charge in [0.1, 0.15) is 5.76 Å². The molecule has 0 saturated heterocycles. The minimum Gasteiger partial charge on any atom is -0.469 e. The van der Waals surface area contributed by atoms with E-state index in [0.29, 0.717) is 0 Å². The van der Waals surface area contributed by atoms with Crippen LogP contribution in [0.15, 0.2) is 28.9 Å². The van der Waals surface area contributed by atoms with Gasteiger partial charge in [-0.15, -0.1) is 0 Å². The van der Waals surface area contributed by atoms with Gasteiger partial charge in [-0.05, 0) is 48.1 Å². The van der Waals surface area contributed by atoms with Crippen molar-refractivity contribution in [2.24, 2.45) is 11.8 Å². The third-order valence-corrected chi connectivity index (χ3v) is 4.74. The van der Waals surface area contributed by atoms with E-state index in [1.807, 2.05) is 6.26 Å². The van der Waals surface area contributed by atoms with Crippen molar-refractivity contribution in [2.45, 2.75) is 44.9 Å². The Kier molecular flexibility index (Phi) is 2.07. The van der Waals surface area contributed by atoms with Gasteiger partial charge < -0.3 is 4.42 Å². The molecule has 1 nitrogen and oxygen atoms in total. The summed E-state index contributed by atoms with van der Waals surface area (Å²) in [6, 6.07) is 2.18. The van der Waals surface area contributed by atoms with Gasteiger partial charge >= 0.3 is 0 Å². The fourth-order valence-corrected chi connectivity index (χ4v) is 3.89. The van der Waals surface area contributed by atoms with Crippen LogP contribution in [0.25, 0.3) is 0 Å². The first kappa shape index (κ1) is 10.2. The van der Waals surface area contributed by atoms with Crippen molar-refractivity contribution in [2.75, 3.05) is 0 Å². The van der Waals surface area contributed by atoms with Gasteiger partial charge in [-0.3, -0.25) is 0 Å². The van der Waals surface area contributed by atoms with E-state index in [-0.39, 0.29) is 5.41 Å². The topological polar surface area (TPSA) is 13.1 Å². The number of hydrogen-bond acceptors (Lipinski definition) is 1. The van der Waals surface area contributed by atoms with Crippen LogP contribution in [0, 0.1) is 11.8 Å². The van der Waals surface area contributed by atoms with Gasteiger partial charge in [-0.25, -0.2) is 0 Å². The van der Waals surface area contributed by atoms with Crippen molar-refractivity contribution in [1.82, 2.24) is 0 Å². The predicted octanol–water partition coefficient (Wildman–Crippen LogP) is 4.09. The van der Waals surface area contributed by atoms with Crippen molar-refractivity contribution in [3.63, 3.8) is 0 Å². The molecule has 0 aliphatic heterocycles. The second kappa shape index (κ2) is 3.26. The largest absolute Gasteiger partial charge is 0.469 e. The Morgan fingerprint density at radius 2 is 2.19 bits per heavy atom. The molecule has 1 aromatic heterocycles. The SMILES string of the molecule is C=C1CCC2C(C1)Cc1occc1C2(C)C. The second-order valence-corrected chi connectivity index (χ2v) is 6.04. The standard InChI is InChI=1S/C15H20O/c1-10-4-5-12-11(8-10)9-14-13(6-7-16-14)15(12,2)3/h6-7,11-12H,1,4-5,8-9H2,2-3H3. The summed E-state index contributed by atoms with van der Waals surface area (Å²) in [7, 11) is 0. The molecule has 1 heteroatoms. The van der Waals surface area contributed by atoms with Crippen molar-refractivity contribution in [1.29, 1.82) is 0 Å². The fourth-order valence-electron chi connectivity index (χ4n) is 3.89. The van der Waals surface area contributed by atoms with Crippen LogP contribution in [0.2, 0.25) is 0 Å². The molecule has 0 radical (unpaired) electrons. The molecule has 1 aromatic rings. The highest BCUT2D eigenvalue weighted by molar-refractivity contribution is 5.32. The summed E-state index contributed by atoms with van der Waals surface area (Å²) < 4.78 is 5.65. The molecule has 0 amide bonds. The van der Waals surface area contributed by atoms with Gasteiger partial charge in [0, 0.05) is 6.42 Å². The number of furan rings is 1. The fraction of sp³-hybridized carbons (Fsp3) is 0.600. The van der Waals surface area contributed by atoms with E-state index in [2.05, 4.69) is 26.5 Å². The number of rotatable bonds is 0. The zero-order chi connectivity index (χ0) is 11.3. The van der Waals surface area contributed by atoms with Gasteiger partial charge in [0.2, 0.25) is 0 Å². The Morgan fingerprint density at radius 1 is 1.38 bits per heavy atom. The van der Waals surface area contributed by atoms with Crippen LogP contribution in [-0.4, -0.2) is 0 Å². The summed E-state index contributed by atoms with van der Waals surface area (Å²) in [5.74, 6) is 2.79. The maximum atomic E-state index is 5.65. The van der Waals surface area contributed by atoms with E-state index in [4.69, 9.17) is 4.42 Å². The average molecular weight is 216 g/mol. The molecule has 16 heavy (non-hydrogen) atoms. The predicted molar refractivity (Wildman–Crippen MR) is 65.4 cm³/mol. The lowest BCUT2D eigenvalue weighted by Gasteiger charge is -2.46. The zero-order valence-corrected chi connectivity index (χ0v) is 10.3. The molecule has 86 valence electrons. The van der Waals surface area contributed by atoms with E-state index in [0.717, 1.165) is 18.3 Å². The smallest absolute Gasteiger partial charge is 0.107 e. The molecule has 2 aliphatic rings. The third-order valence-electron chi connectivity index (χ3n) is 4.74. The van der Waals surface area contributed by atoms with E-state index >= 15 is 0 Å². The monoisotopic (exact) mass is 216 g/mol. The minimum absolute atomic E-state index is 0.284. The summed E-state index contributed by atoms with van der Waals surface area (Å²) in [5.41, 5.74) is 3.17. The molecule has 0 spiro atoms. The Hall–Kier alpha value is -0.980. The Bertz CT molecular complexity index is 424. The van der Waals surface area contributed by atoms with Crippen LogP contribution in [-0.2, 0) is 11.8 Å².